The van der Waals surface area contributed by atoms with Crippen LogP contribution in [0.4, 0.5) is 0 Å². The summed E-state index contributed by atoms with van der Waals surface area (Å²) in [5, 5.41) is 0.805. The second kappa shape index (κ2) is 5.33. The molecule has 4 nitrogen and oxygen atoms in total. The molecule has 0 amide bonds. The van der Waals surface area contributed by atoms with E-state index in [0.717, 1.165) is 5.03 Å². The lowest BCUT2D eigenvalue weighted by molar-refractivity contribution is 0.592. The summed E-state index contributed by atoms with van der Waals surface area (Å²) in [6.07, 6.45) is 1.66. The van der Waals surface area contributed by atoms with Gasteiger partial charge < -0.3 is 0 Å². The molecule has 0 saturated heterocycles. The quantitative estimate of drug-likeness (QED) is 0.599. The standard InChI is InChI=1S/C8H10N2O2S2/c1-9-14(11,12)7-6-13-8-4-2-3-5-10-8/h1-5,9H,6-7H2. The minimum atomic E-state index is -3.31. The van der Waals surface area contributed by atoms with Gasteiger partial charge in [0.2, 0.25) is 10.0 Å². The second-order valence-corrected chi connectivity index (χ2v) is 5.44. The van der Waals surface area contributed by atoms with Gasteiger partial charge in [0.05, 0.1) is 17.8 Å². The summed E-state index contributed by atoms with van der Waals surface area (Å²) in [4.78, 5) is 4.04. The van der Waals surface area contributed by atoms with Gasteiger partial charge in [0, 0.05) is 11.9 Å². The highest BCUT2D eigenvalue weighted by Gasteiger charge is 2.06. The molecule has 1 aromatic heterocycles. The molecule has 0 aliphatic heterocycles. The number of thioether (sulfide) groups is 1. The van der Waals surface area contributed by atoms with E-state index in [4.69, 9.17) is 7.05 Å². The fourth-order valence-corrected chi connectivity index (χ4v) is 2.60. The maximum Gasteiger partial charge on any atom is 0.212 e. The van der Waals surface area contributed by atoms with Crippen LogP contribution in [0, 0.1) is 7.05 Å². The molecule has 0 aliphatic rings. The number of sulfonamides is 1. The highest BCUT2D eigenvalue weighted by molar-refractivity contribution is 8.00. The van der Waals surface area contributed by atoms with E-state index in [0.29, 0.717) is 5.75 Å². The largest absolute Gasteiger partial charge is 0.250 e. The molecule has 0 bridgehead atoms. The van der Waals surface area contributed by atoms with Crippen molar-refractivity contribution in [2.75, 3.05) is 11.5 Å². The summed E-state index contributed by atoms with van der Waals surface area (Å²) in [5.74, 6) is 0.425. The normalized spacial score (nSPS) is 11.5. The Balaban J connectivity index is 2.37. The van der Waals surface area contributed by atoms with E-state index in [1.807, 2.05) is 18.2 Å². The van der Waals surface area contributed by atoms with Crippen LogP contribution in [0.5, 0.6) is 0 Å². The molecule has 76 valence electrons. The molecular weight excluding hydrogens is 220 g/mol. The first-order valence-corrected chi connectivity index (χ1v) is 6.52. The van der Waals surface area contributed by atoms with Gasteiger partial charge in [-0.1, -0.05) is 6.07 Å². The second-order valence-electron chi connectivity index (χ2n) is 2.45. The van der Waals surface area contributed by atoms with E-state index in [-0.39, 0.29) is 5.75 Å². The fraction of sp³-hybridized carbons (Fsp3) is 0.250. The maximum atomic E-state index is 10.9. The van der Waals surface area contributed by atoms with Crippen molar-refractivity contribution in [3.8, 4) is 0 Å². The summed E-state index contributed by atoms with van der Waals surface area (Å²) in [6, 6.07) is 5.49. The number of aromatic nitrogens is 1. The first-order valence-electron chi connectivity index (χ1n) is 3.88. The average Bonchev–Trinajstić information content (AvgIpc) is 2.19. The number of hydrogen-bond acceptors (Lipinski definition) is 4. The Bertz CT molecular complexity index is 364. The molecule has 0 unspecified atom stereocenters. The van der Waals surface area contributed by atoms with Crippen molar-refractivity contribution >= 4 is 21.8 Å². The highest BCUT2D eigenvalue weighted by Crippen LogP contribution is 2.13. The summed E-state index contributed by atoms with van der Waals surface area (Å²) in [5.41, 5.74) is 0. The zero-order valence-corrected chi connectivity index (χ0v) is 9.01. The number of pyridine rings is 1. The van der Waals surface area contributed by atoms with Crippen LogP contribution in [0.3, 0.4) is 0 Å². The Kier molecular flexibility index (Phi) is 4.37. The van der Waals surface area contributed by atoms with E-state index in [2.05, 4.69) is 4.98 Å². The van der Waals surface area contributed by atoms with E-state index in [1.165, 1.54) is 11.8 Å². The average molecular weight is 230 g/mol. The molecule has 1 rings (SSSR count). The van der Waals surface area contributed by atoms with Crippen molar-refractivity contribution in [3.63, 3.8) is 0 Å². The SMILES string of the molecule is [CH]NS(=O)(=O)CCSc1ccccn1. The van der Waals surface area contributed by atoms with Gasteiger partial charge in [0.15, 0.2) is 0 Å². The van der Waals surface area contributed by atoms with Crippen molar-refractivity contribution in [1.29, 1.82) is 0 Å². The smallest absolute Gasteiger partial charge is 0.212 e. The van der Waals surface area contributed by atoms with Gasteiger partial charge >= 0.3 is 0 Å². The molecule has 0 atom stereocenters. The topological polar surface area (TPSA) is 59.1 Å². The predicted octanol–water partition coefficient (Wildman–Crippen LogP) is 0.762. The molecule has 1 heterocycles. The van der Waals surface area contributed by atoms with Crippen molar-refractivity contribution in [3.05, 3.63) is 31.4 Å². The Morgan fingerprint density at radius 2 is 2.29 bits per heavy atom. The molecule has 2 radical (unpaired) electrons. The van der Waals surface area contributed by atoms with Gasteiger partial charge in [-0.2, -0.15) is 0 Å². The maximum absolute atomic E-state index is 10.9. The Morgan fingerprint density at radius 1 is 1.50 bits per heavy atom. The number of nitrogens with zero attached hydrogens (tertiary/aromatic N) is 1. The molecule has 0 fully saturated rings. The molecule has 6 heteroatoms. The molecule has 0 saturated carbocycles. The third-order valence-corrected chi connectivity index (χ3v) is 3.72. The Morgan fingerprint density at radius 3 is 2.86 bits per heavy atom. The van der Waals surface area contributed by atoms with Gasteiger partial charge in [-0.05, 0) is 12.1 Å². The van der Waals surface area contributed by atoms with Crippen LogP contribution in [0.2, 0.25) is 0 Å². The first kappa shape index (κ1) is 11.5. The minimum absolute atomic E-state index is 0.00919. The molecule has 1 aromatic rings. The lowest BCUT2D eigenvalue weighted by Crippen LogP contribution is -2.21. The van der Waals surface area contributed by atoms with Crippen LogP contribution in [0.15, 0.2) is 29.4 Å². The predicted molar refractivity (Wildman–Crippen MR) is 56.2 cm³/mol. The number of rotatable bonds is 5. The Labute approximate surface area is 88.2 Å². The van der Waals surface area contributed by atoms with Crippen molar-refractivity contribution < 1.29 is 8.42 Å². The third kappa shape index (κ3) is 4.08. The molecule has 0 aliphatic carbocycles. The minimum Gasteiger partial charge on any atom is -0.250 e. The monoisotopic (exact) mass is 230 g/mol. The number of nitrogens with one attached hydrogen (secondary N) is 1. The molecule has 14 heavy (non-hydrogen) atoms. The van der Waals surface area contributed by atoms with Gasteiger partial charge in [0.1, 0.15) is 0 Å². The van der Waals surface area contributed by atoms with Crippen LogP contribution in [0.25, 0.3) is 0 Å². The fourth-order valence-electron chi connectivity index (χ4n) is 0.747. The van der Waals surface area contributed by atoms with Gasteiger partial charge in [-0.25, -0.2) is 18.1 Å². The van der Waals surface area contributed by atoms with Gasteiger partial charge in [-0.15, -0.1) is 11.8 Å². The van der Waals surface area contributed by atoms with Gasteiger partial charge in [0.25, 0.3) is 0 Å². The zero-order valence-electron chi connectivity index (χ0n) is 7.38. The lowest BCUT2D eigenvalue weighted by atomic mass is 10.5. The van der Waals surface area contributed by atoms with Crippen LogP contribution < -0.4 is 4.72 Å². The van der Waals surface area contributed by atoms with Crippen LogP contribution in [-0.2, 0) is 10.0 Å². The molecule has 0 spiro atoms. The van der Waals surface area contributed by atoms with Crippen molar-refractivity contribution in [2.45, 2.75) is 5.03 Å². The summed E-state index contributed by atoms with van der Waals surface area (Å²) < 4.78 is 23.6. The van der Waals surface area contributed by atoms with E-state index < -0.39 is 10.0 Å². The summed E-state index contributed by atoms with van der Waals surface area (Å²) in [7, 11) is 1.51. The van der Waals surface area contributed by atoms with Gasteiger partial charge in [-0.3, -0.25) is 0 Å². The van der Waals surface area contributed by atoms with E-state index in [9.17, 15) is 8.42 Å². The molecule has 0 aromatic carbocycles. The molecular formula is C8H10N2O2S2. The van der Waals surface area contributed by atoms with Crippen LogP contribution >= 0.6 is 11.8 Å². The van der Waals surface area contributed by atoms with E-state index in [1.54, 1.807) is 10.9 Å². The highest BCUT2D eigenvalue weighted by atomic mass is 32.2. The Hall–Kier alpha value is -0.590. The number of hydrogen-bond donors (Lipinski definition) is 1. The zero-order chi connectivity index (χ0) is 10.4. The molecule has 1 N–H and O–H groups in total. The summed E-state index contributed by atoms with van der Waals surface area (Å²) in [6.45, 7) is 0. The van der Waals surface area contributed by atoms with Crippen molar-refractivity contribution in [1.82, 2.24) is 9.71 Å². The summed E-state index contributed by atoms with van der Waals surface area (Å²) >= 11 is 1.38. The van der Waals surface area contributed by atoms with Crippen LogP contribution in [-0.4, -0.2) is 24.9 Å². The van der Waals surface area contributed by atoms with Crippen LogP contribution in [0.1, 0.15) is 0 Å². The first-order chi connectivity index (χ1) is 6.64. The lowest BCUT2D eigenvalue weighted by Gasteiger charge is -2.01. The van der Waals surface area contributed by atoms with E-state index >= 15 is 0 Å². The van der Waals surface area contributed by atoms with Crippen molar-refractivity contribution in [2.24, 2.45) is 0 Å². The third-order valence-electron chi connectivity index (χ3n) is 1.42.